The van der Waals surface area contributed by atoms with Crippen LogP contribution in [0.5, 0.6) is 0 Å². The van der Waals surface area contributed by atoms with E-state index in [2.05, 4.69) is 47.3 Å². The highest BCUT2D eigenvalue weighted by atomic mass is 31.1. The third kappa shape index (κ3) is 4.26. The minimum atomic E-state index is 0.0291. The lowest BCUT2D eigenvalue weighted by atomic mass is 9.98. The molecule has 3 heterocycles. The second-order valence-electron chi connectivity index (χ2n) is 7.44. The summed E-state index contributed by atoms with van der Waals surface area (Å²) in [4.78, 5) is 20.3. The Hall–Kier alpha value is -2.49. The number of likely N-dealkylation sites (N-methyl/N-ethyl adjacent to an activating group) is 1. The van der Waals surface area contributed by atoms with Gasteiger partial charge in [-0.05, 0) is 54.5 Å². The van der Waals surface area contributed by atoms with Gasteiger partial charge in [-0.15, -0.1) is 0 Å². The molecule has 1 amide bonds. The number of oxazole rings is 1. The number of aromatic nitrogens is 1. The minimum absolute atomic E-state index is 0.0291. The zero-order chi connectivity index (χ0) is 20.4. The third-order valence-electron chi connectivity index (χ3n) is 5.37. The van der Waals surface area contributed by atoms with E-state index >= 15 is 0 Å². The van der Waals surface area contributed by atoms with Crippen molar-refractivity contribution in [3.8, 4) is 0 Å². The molecule has 150 valence electrons. The molecule has 0 spiro atoms. The second kappa shape index (κ2) is 8.48. The smallest absolute Gasteiger partial charge is 0.214 e. The van der Waals surface area contributed by atoms with Crippen molar-refractivity contribution in [2.45, 2.75) is 26.1 Å². The Labute approximate surface area is 173 Å². The molecule has 2 aromatic rings. The largest absolute Gasteiger partial charge is 0.441 e. The molecule has 5 nitrogen and oxygen atoms in total. The van der Waals surface area contributed by atoms with Crippen molar-refractivity contribution < 1.29 is 9.21 Å². The fourth-order valence-electron chi connectivity index (χ4n) is 3.72. The van der Waals surface area contributed by atoms with Gasteiger partial charge in [-0.25, -0.2) is 4.98 Å². The molecule has 1 aromatic heterocycles. The number of allylic oxidation sites excluding steroid dienone is 3. The maximum Gasteiger partial charge on any atom is 0.214 e. The van der Waals surface area contributed by atoms with E-state index < -0.39 is 0 Å². The van der Waals surface area contributed by atoms with Crippen molar-refractivity contribution in [3.63, 3.8) is 0 Å². The Morgan fingerprint density at radius 3 is 2.97 bits per heavy atom. The lowest BCUT2D eigenvalue weighted by molar-refractivity contribution is -0.116. The summed E-state index contributed by atoms with van der Waals surface area (Å²) in [5, 5.41) is 1.21. The van der Waals surface area contributed by atoms with Crippen LogP contribution in [0.2, 0.25) is 0 Å². The van der Waals surface area contributed by atoms with E-state index in [1.165, 1.54) is 10.9 Å². The molecule has 29 heavy (non-hydrogen) atoms. The van der Waals surface area contributed by atoms with Gasteiger partial charge >= 0.3 is 0 Å². The Morgan fingerprint density at radius 1 is 1.38 bits per heavy atom. The maximum absolute atomic E-state index is 11.8. The molecule has 2 aliphatic rings. The molecule has 0 aliphatic carbocycles. The summed E-state index contributed by atoms with van der Waals surface area (Å²) in [5.74, 6) is 0.700. The third-order valence-corrected chi connectivity index (χ3v) is 7.05. The van der Waals surface area contributed by atoms with E-state index in [9.17, 15) is 4.79 Å². The van der Waals surface area contributed by atoms with Crippen LogP contribution in [0.1, 0.15) is 24.8 Å². The summed E-state index contributed by atoms with van der Waals surface area (Å²) in [7, 11) is 2.57. The molecule has 0 saturated carbocycles. The van der Waals surface area contributed by atoms with Crippen molar-refractivity contribution in [3.05, 3.63) is 71.3 Å². The van der Waals surface area contributed by atoms with Gasteiger partial charge in [0.25, 0.3) is 0 Å². The molecule has 0 radical (unpaired) electrons. The summed E-state index contributed by atoms with van der Waals surface area (Å²) in [5.41, 5.74) is 5.25. The van der Waals surface area contributed by atoms with Gasteiger partial charge in [0.05, 0.1) is 5.78 Å². The van der Waals surface area contributed by atoms with Crippen molar-refractivity contribution in [1.82, 2.24) is 14.8 Å². The van der Waals surface area contributed by atoms with Crippen molar-refractivity contribution in [2.24, 2.45) is 0 Å². The Kier molecular flexibility index (Phi) is 5.79. The van der Waals surface area contributed by atoms with E-state index in [1.54, 1.807) is 4.90 Å². The normalized spacial score (nSPS) is 21.1. The lowest BCUT2D eigenvalue weighted by Gasteiger charge is -2.30. The molecule has 1 aromatic carbocycles. The van der Waals surface area contributed by atoms with Crippen LogP contribution in [0.25, 0.3) is 16.4 Å². The molecule has 4 rings (SSSR count). The fraction of sp³-hybridized carbons (Fsp3) is 0.304. The number of fused-ring (bicyclic) bond motifs is 1. The number of hydrogen-bond acceptors (Lipinski definition) is 4. The first kappa shape index (κ1) is 19.8. The molecule has 0 fully saturated rings. The summed E-state index contributed by atoms with van der Waals surface area (Å²) in [6.07, 6.45) is 12.7. The van der Waals surface area contributed by atoms with E-state index in [-0.39, 0.29) is 5.78 Å². The number of carbonyl (C=O) groups excluding carboxylic acids is 1. The van der Waals surface area contributed by atoms with Gasteiger partial charge in [0.15, 0.2) is 11.5 Å². The zero-order valence-corrected chi connectivity index (χ0v) is 18.1. The minimum Gasteiger partial charge on any atom is -0.441 e. The van der Waals surface area contributed by atoms with Crippen LogP contribution in [-0.2, 0) is 4.79 Å². The standard InChI is InChI=1S/C23H26N3O2P/c1-4-22(18-5-7-20-21(13-18)28-16(2)24-20)29-23-8-6-19(14-26(23)15-27)17-9-11-25(3)12-10-17/h4-9,13-15,23,29H,10-12H2,1-3H3/b22-4-. The van der Waals surface area contributed by atoms with Crippen LogP contribution in [0.4, 0.5) is 0 Å². The maximum atomic E-state index is 11.8. The van der Waals surface area contributed by atoms with Gasteiger partial charge in [-0.1, -0.05) is 39.0 Å². The molecule has 0 N–H and O–H groups in total. The van der Waals surface area contributed by atoms with E-state index in [1.807, 2.05) is 32.2 Å². The van der Waals surface area contributed by atoms with Crippen molar-refractivity contribution >= 4 is 31.4 Å². The predicted molar refractivity (Wildman–Crippen MR) is 120 cm³/mol. The van der Waals surface area contributed by atoms with Gasteiger partial charge in [0, 0.05) is 26.2 Å². The highest BCUT2D eigenvalue weighted by molar-refractivity contribution is 7.51. The Balaban J connectivity index is 1.53. The van der Waals surface area contributed by atoms with Gasteiger partial charge in [0.1, 0.15) is 5.52 Å². The van der Waals surface area contributed by atoms with Crippen LogP contribution < -0.4 is 0 Å². The average Bonchev–Trinajstić information content (AvgIpc) is 3.11. The number of aryl methyl sites for hydroxylation is 1. The number of nitrogens with zero attached hydrogens (tertiary/aromatic N) is 3. The topological polar surface area (TPSA) is 49.6 Å². The van der Waals surface area contributed by atoms with Gasteiger partial charge in [-0.3, -0.25) is 4.79 Å². The van der Waals surface area contributed by atoms with Crippen LogP contribution in [0.15, 0.2) is 64.3 Å². The predicted octanol–water partition coefficient (Wildman–Crippen LogP) is 4.68. The van der Waals surface area contributed by atoms with E-state index in [0.717, 1.165) is 48.2 Å². The molecular weight excluding hydrogens is 381 g/mol. The number of rotatable bonds is 5. The highest BCUT2D eigenvalue weighted by Crippen LogP contribution is 2.42. The molecule has 0 bridgehead atoms. The average molecular weight is 407 g/mol. The van der Waals surface area contributed by atoms with Crippen LogP contribution in [-0.4, -0.2) is 47.1 Å². The van der Waals surface area contributed by atoms with Crippen LogP contribution in [0.3, 0.4) is 0 Å². The molecule has 6 heteroatoms. The van der Waals surface area contributed by atoms with Gasteiger partial charge < -0.3 is 14.2 Å². The van der Waals surface area contributed by atoms with Gasteiger partial charge in [0.2, 0.25) is 6.41 Å². The quantitative estimate of drug-likeness (QED) is 0.534. The van der Waals surface area contributed by atoms with Crippen molar-refractivity contribution in [2.75, 3.05) is 20.1 Å². The number of hydrogen-bond donors (Lipinski definition) is 0. The SMILES string of the molecule is C/C=C(\PC1C=CC(C2=CCN(C)CC2)=CN1C=O)c1ccc2nc(C)oc2c1. The lowest BCUT2D eigenvalue weighted by Crippen LogP contribution is -2.28. The Bertz CT molecular complexity index is 1050. The number of carbonyl (C=O) groups is 1. The highest BCUT2D eigenvalue weighted by Gasteiger charge is 2.21. The first-order chi connectivity index (χ1) is 14.1. The summed E-state index contributed by atoms with van der Waals surface area (Å²) in [6, 6.07) is 6.11. The monoisotopic (exact) mass is 407 g/mol. The molecule has 2 atom stereocenters. The Morgan fingerprint density at radius 2 is 2.24 bits per heavy atom. The van der Waals surface area contributed by atoms with E-state index in [4.69, 9.17) is 4.42 Å². The first-order valence-corrected chi connectivity index (χ1v) is 11.0. The second-order valence-corrected chi connectivity index (χ2v) is 8.86. The molecule has 0 saturated heterocycles. The van der Waals surface area contributed by atoms with Crippen molar-refractivity contribution in [1.29, 1.82) is 0 Å². The zero-order valence-electron chi connectivity index (χ0n) is 17.1. The molecular formula is C23H26N3O2P. The van der Waals surface area contributed by atoms with Gasteiger partial charge in [-0.2, -0.15) is 0 Å². The first-order valence-electron chi connectivity index (χ1n) is 9.88. The summed E-state index contributed by atoms with van der Waals surface area (Å²) in [6.45, 7) is 5.91. The molecule has 2 unspecified atom stereocenters. The van der Waals surface area contributed by atoms with E-state index in [0.29, 0.717) is 14.5 Å². The number of amides is 1. The summed E-state index contributed by atoms with van der Waals surface area (Å²) >= 11 is 0. The van der Waals surface area contributed by atoms with Crippen LogP contribution in [0, 0.1) is 6.92 Å². The molecule has 2 aliphatic heterocycles. The van der Waals surface area contributed by atoms with Crippen LogP contribution >= 0.6 is 8.58 Å². The summed E-state index contributed by atoms with van der Waals surface area (Å²) < 4.78 is 5.69. The fourth-order valence-corrected chi connectivity index (χ4v) is 5.00. The number of benzene rings is 1.